The molecule has 0 saturated heterocycles. The molecular formula is C29H36N6O3S. The number of anilines is 2. The number of hydrogen-bond donors (Lipinski definition) is 2. The Morgan fingerprint density at radius 2 is 1.85 bits per heavy atom. The second kappa shape index (κ2) is 11.0. The van der Waals surface area contributed by atoms with Crippen molar-refractivity contribution in [1.29, 1.82) is 0 Å². The lowest BCUT2D eigenvalue weighted by molar-refractivity contribution is 0.354. The van der Waals surface area contributed by atoms with Crippen LogP contribution in [0.2, 0.25) is 0 Å². The molecule has 0 spiro atoms. The zero-order valence-electron chi connectivity index (χ0n) is 22.9. The van der Waals surface area contributed by atoms with E-state index >= 15 is 0 Å². The summed E-state index contributed by atoms with van der Waals surface area (Å²) >= 11 is 1.41. The van der Waals surface area contributed by atoms with Crippen molar-refractivity contribution in [2.24, 2.45) is 0 Å². The van der Waals surface area contributed by atoms with Crippen LogP contribution in [0.4, 0.5) is 10.9 Å². The molecule has 2 N–H and O–H groups in total. The molecule has 39 heavy (non-hydrogen) atoms. The number of ether oxygens (including phenoxy) is 2. The maximum Gasteiger partial charge on any atom is 0.257 e. The molecule has 6 rings (SSSR count). The van der Waals surface area contributed by atoms with Crippen LogP contribution >= 0.6 is 11.3 Å². The predicted octanol–water partition coefficient (Wildman–Crippen LogP) is 5.85. The molecule has 3 aliphatic rings. The van der Waals surface area contributed by atoms with Gasteiger partial charge in [0.2, 0.25) is 5.13 Å². The maximum atomic E-state index is 14.1. The number of nitrogens with zero attached hydrogens (tertiary/aromatic N) is 4. The van der Waals surface area contributed by atoms with Crippen molar-refractivity contribution in [2.75, 3.05) is 31.0 Å². The van der Waals surface area contributed by atoms with Crippen LogP contribution in [0.1, 0.15) is 81.8 Å². The number of methoxy groups -OCH3 is 2. The molecule has 206 valence electrons. The zero-order chi connectivity index (χ0) is 26.9. The predicted molar refractivity (Wildman–Crippen MR) is 154 cm³/mol. The Morgan fingerprint density at radius 1 is 1.05 bits per heavy atom. The van der Waals surface area contributed by atoms with E-state index in [0.29, 0.717) is 33.9 Å². The van der Waals surface area contributed by atoms with E-state index in [0.717, 1.165) is 61.6 Å². The van der Waals surface area contributed by atoms with E-state index < -0.39 is 0 Å². The largest absolute Gasteiger partial charge is 0.493 e. The Bertz CT molecular complexity index is 1440. The van der Waals surface area contributed by atoms with Gasteiger partial charge in [-0.3, -0.25) is 4.79 Å². The number of hydrogen-bond acceptors (Lipinski definition) is 9. The van der Waals surface area contributed by atoms with Gasteiger partial charge in [0.05, 0.1) is 19.8 Å². The molecule has 10 heteroatoms. The van der Waals surface area contributed by atoms with Crippen molar-refractivity contribution in [3.05, 3.63) is 50.9 Å². The van der Waals surface area contributed by atoms with E-state index in [4.69, 9.17) is 14.5 Å². The summed E-state index contributed by atoms with van der Waals surface area (Å²) in [5.74, 6) is 2.41. The molecule has 0 bridgehead atoms. The summed E-state index contributed by atoms with van der Waals surface area (Å²) in [5, 5.41) is 13.1. The van der Waals surface area contributed by atoms with Gasteiger partial charge >= 0.3 is 0 Å². The Kier molecular flexibility index (Phi) is 7.29. The Hall–Kier alpha value is -3.40. The van der Waals surface area contributed by atoms with Crippen LogP contribution in [0.25, 0.3) is 10.8 Å². The van der Waals surface area contributed by atoms with Gasteiger partial charge in [-0.2, -0.15) is 0 Å². The number of fused-ring (bicyclic) bond motifs is 1. The summed E-state index contributed by atoms with van der Waals surface area (Å²) < 4.78 is 11.2. The number of aromatic nitrogens is 4. The van der Waals surface area contributed by atoms with Crippen molar-refractivity contribution in [2.45, 2.75) is 76.7 Å². The van der Waals surface area contributed by atoms with Crippen LogP contribution in [0.5, 0.6) is 11.5 Å². The normalized spacial score (nSPS) is 19.5. The molecule has 1 fully saturated rings. The van der Waals surface area contributed by atoms with E-state index in [1.165, 1.54) is 41.9 Å². The first-order valence-corrected chi connectivity index (χ1v) is 14.9. The SMILES string of the molecule is CCNc1nnc(-c2nc3c(c(=O)[nH]2)C(c2ccc(OC)c(OC)c2)C2=C(CCCC2)N3C2CCCCC2)s1. The molecule has 1 saturated carbocycles. The first-order valence-electron chi connectivity index (χ1n) is 14.1. The molecule has 1 aliphatic heterocycles. The fourth-order valence-electron chi connectivity index (χ4n) is 6.49. The van der Waals surface area contributed by atoms with Gasteiger partial charge in [-0.15, -0.1) is 10.2 Å². The highest BCUT2D eigenvalue weighted by Gasteiger charge is 2.41. The molecule has 2 aromatic heterocycles. The highest BCUT2D eigenvalue weighted by molar-refractivity contribution is 7.18. The van der Waals surface area contributed by atoms with Crippen LogP contribution in [-0.2, 0) is 0 Å². The number of H-pyrrole nitrogens is 1. The molecule has 1 aromatic carbocycles. The third-order valence-electron chi connectivity index (χ3n) is 8.21. The van der Waals surface area contributed by atoms with Gasteiger partial charge in [0.25, 0.3) is 5.56 Å². The molecule has 1 atom stereocenters. The summed E-state index contributed by atoms with van der Waals surface area (Å²) in [5.41, 5.74) is 4.32. The Labute approximate surface area is 232 Å². The van der Waals surface area contributed by atoms with E-state index in [-0.39, 0.29) is 11.5 Å². The summed E-state index contributed by atoms with van der Waals surface area (Å²) in [6.45, 7) is 2.77. The summed E-state index contributed by atoms with van der Waals surface area (Å²) in [7, 11) is 3.29. The van der Waals surface area contributed by atoms with Crippen molar-refractivity contribution in [3.63, 3.8) is 0 Å². The smallest absolute Gasteiger partial charge is 0.257 e. The van der Waals surface area contributed by atoms with Crippen LogP contribution in [0.3, 0.4) is 0 Å². The molecule has 3 aromatic rings. The van der Waals surface area contributed by atoms with E-state index in [9.17, 15) is 4.79 Å². The molecule has 3 heterocycles. The maximum absolute atomic E-state index is 14.1. The van der Waals surface area contributed by atoms with Crippen molar-refractivity contribution < 1.29 is 9.47 Å². The topological polar surface area (TPSA) is 105 Å². The number of nitrogens with one attached hydrogen (secondary N) is 2. The average Bonchev–Trinajstić information content (AvgIpc) is 3.45. The molecular weight excluding hydrogens is 512 g/mol. The quantitative estimate of drug-likeness (QED) is 0.379. The first-order chi connectivity index (χ1) is 19.1. The molecule has 0 radical (unpaired) electrons. The lowest BCUT2D eigenvalue weighted by Crippen LogP contribution is -2.43. The minimum Gasteiger partial charge on any atom is -0.493 e. The van der Waals surface area contributed by atoms with Gasteiger partial charge in [0, 0.05) is 24.2 Å². The molecule has 1 unspecified atom stereocenters. The highest BCUT2D eigenvalue weighted by atomic mass is 32.1. The van der Waals surface area contributed by atoms with Crippen molar-refractivity contribution in [1.82, 2.24) is 20.2 Å². The second-order valence-corrected chi connectivity index (χ2v) is 11.5. The van der Waals surface area contributed by atoms with Gasteiger partial charge in [-0.25, -0.2) is 4.98 Å². The lowest BCUT2D eigenvalue weighted by Gasteiger charge is -2.45. The summed E-state index contributed by atoms with van der Waals surface area (Å²) in [6, 6.07) is 6.36. The zero-order valence-corrected chi connectivity index (χ0v) is 23.7. The fourth-order valence-corrected chi connectivity index (χ4v) is 7.25. The van der Waals surface area contributed by atoms with Crippen molar-refractivity contribution >= 4 is 22.3 Å². The van der Waals surface area contributed by atoms with Crippen LogP contribution in [-0.4, -0.2) is 47.0 Å². The standard InChI is InChI=1S/C29H36N6O3S/c1-4-30-29-34-33-28(39-29)25-31-26-24(27(36)32-25)23(17-14-15-21(37-2)22(16-17)38-3)19-12-8-9-13-20(19)35(26)18-10-6-5-7-11-18/h14-16,18,23H,4-13H2,1-3H3,(H,30,34)(H,31,32,36). The first kappa shape index (κ1) is 25.9. The Balaban J connectivity index is 1.56. The third kappa shape index (κ3) is 4.68. The van der Waals surface area contributed by atoms with Crippen LogP contribution in [0, 0.1) is 0 Å². The van der Waals surface area contributed by atoms with Crippen molar-refractivity contribution in [3.8, 4) is 22.3 Å². The van der Waals surface area contributed by atoms with Gasteiger partial charge in [-0.1, -0.05) is 36.7 Å². The minimum absolute atomic E-state index is 0.118. The lowest BCUT2D eigenvalue weighted by atomic mass is 9.75. The summed E-state index contributed by atoms with van der Waals surface area (Å²) in [4.78, 5) is 24.8. The van der Waals surface area contributed by atoms with Gasteiger partial charge in [-0.05, 0) is 68.7 Å². The van der Waals surface area contributed by atoms with Gasteiger partial charge in [0.1, 0.15) is 5.82 Å². The monoisotopic (exact) mass is 548 g/mol. The Morgan fingerprint density at radius 3 is 2.62 bits per heavy atom. The van der Waals surface area contributed by atoms with E-state index in [1.54, 1.807) is 14.2 Å². The number of rotatable bonds is 7. The van der Waals surface area contributed by atoms with Gasteiger partial charge < -0.3 is 24.7 Å². The summed E-state index contributed by atoms with van der Waals surface area (Å²) in [6.07, 6.45) is 10.2. The van der Waals surface area contributed by atoms with Gasteiger partial charge in [0.15, 0.2) is 22.3 Å². The molecule has 2 aliphatic carbocycles. The van der Waals surface area contributed by atoms with Crippen LogP contribution < -0.4 is 25.2 Å². The average molecular weight is 549 g/mol. The van der Waals surface area contributed by atoms with E-state index in [2.05, 4.69) is 31.5 Å². The second-order valence-electron chi connectivity index (χ2n) is 10.5. The number of aromatic amines is 1. The fraction of sp³-hybridized carbons (Fsp3) is 0.517. The minimum atomic E-state index is -0.188. The third-order valence-corrected chi connectivity index (χ3v) is 9.10. The van der Waals surface area contributed by atoms with Crippen LogP contribution in [0.15, 0.2) is 34.3 Å². The number of benzene rings is 1. The highest BCUT2D eigenvalue weighted by Crippen LogP contribution is 2.50. The molecule has 9 nitrogen and oxygen atoms in total. The van der Waals surface area contributed by atoms with E-state index in [1.807, 2.05) is 19.1 Å². The number of allylic oxidation sites excluding steroid dienone is 2. The molecule has 0 amide bonds.